The fraction of sp³-hybridized carbons (Fsp3) is 0.636. The molecule has 0 aromatic carbocycles. The fourth-order valence-corrected chi connectivity index (χ4v) is 2.99. The number of thioether (sulfide) groups is 1. The van der Waals surface area contributed by atoms with Gasteiger partial charge in [-0.3, -0.25) is 4.79 Å². The molecular formula is C11H15NO3S. The van der Waals surface area contributed by atoms with Crippen LogP contribution in [-0.2, 0) is 11.2 Å². The third-order valence-electron chi connectivity index (χ3n) is 2.61. The van der Waals surface area contributed by atoms with E-state index in [-0.39, 0.29) is 6.42 Å². The fourth-order valence-electron chi connectivity index (χ4n) is 1.75. The quantitative estimate of drug-likeness (QED) is 0.878. The van der Waals surface area contributed by atoms with E-state index in [0.717, 1.165) is 18.1 Å². The van der Waals surface area contributed by atoms with E-state index < -0.39 is 5.97 Å². The molecule has 16 heavy (non-hydrogen) atoms. The minimum atomic E-state index is -0.801. The number of carbonyl (C=O) groups is 1. The topological polar surface area (TPSA) is 63.3 Å². The minimum absolute atomic E-state index is 0.104. The number of aryl methyl sites for hydroxylation is 1. The molecule has 1 aliphatic rings. The number of aromatic nitrogens is 1. The summed E-state index contributed by atoms with van der Waals surface area (Å²) in [5.41, 5.74) is 0. The molecule has 2 heterocycles. The lowest BCUT2D eigenvalue weighted by molar-refractivity contribution is -0.137. The van der Waals surface area contributed by atoms with Crippen molar-refractivity contribution in [2.75, 3.05) is 5.75 Å². The van der Waals surface area contributed by atoms with Crippen LogP contribution in [0.25, 0.3) is 0 Å². The third kappa shape index (κ3) is 3.01. The third-order valence-corrected chi connectivity index (χ3v) is 3.98. The summed E-state index contributed by atoms with van der Waals surface area (Å²) in [7, 11) is 0. The molecule has 1 aliphatic heterocycles. The molecule has 5 heteroatoms. The highest BCUT2D eigenvalue weighted by atomic mass is 32.2. The number of aliphatic carboxylic acids is 1. The number of hydrogen-bond donors (Lipinski definition) is 1. The molecule has 1 aromatic rings. The summed E-state index contributed by atoms with van der Waals surface area (Å²) < 4.78 is 5.58. The van der Waals surface area contributed by atoms with Gasteiger partial charge in [-0.2, -0.15) is 0 Å². The summed E-state index contributed by atoms with van der Waals surface area (Å²) >= 11 is 1.88. The van der Waals surface area contributed by atoms with Gasteiger partial charge in [0.1, 0.15) is 5.76 Å². The Kier molecular flexibility index (Phi) is 3.88. The molecule has 0 amide bonds. The first kappa shape index (κ1) is 11.5. The highest BCUT2D eigenvalue weighted by Gasteiger charge is 2.20. The Labute approximate surface area is 98.4 Å². The summed E-state index contributed by atoms with van der Waals surface area (Å²) in [5, 5.41) is 8.93. The Balaban J connectivity index is 1.93. The second kappa shape index (κ2) is 5.39. The van der Waals surface area contributed by atoms with E-state index in [1.807, 2.05) is 11.8 Å². The predicted octanol–water partition coefficient (Wildman–Crippen LogP) is 2.65. The molecule has 0 aliphatic carbocycles. The Morgan fingerprint density at radius 2 is 2.50 bits per heavy atom. The van der Waals surface area contributed by atoms with Crippen molar-refractivity contribution in [2.24, 2.45) is 0 Å². The minimum Gasteiger partial charge on any atom is -0.481 e. The number of carboxylic acids is 1. The van der Waals surface area contributed by atoms with Crippen LogP contribution in [0.2, 0.25) is 0 Å². The van der Waals surface area contributed by atoms with E-state index in [2.05, 4.69) is 4.98 Å². The molecule has 0 radical (unpaired) electrons. The van der Waals surface area contributed by atoms with Crippen LogP contribution in [-0.4, -0.2) is 21.8 Å². The lowest BCUT2D eigenvalue weighted by Gasteiger charge is -2.17. The Hall–Kier alpha value is -0.970. The number of nitrogens with zero attached hydrogens (tertiary/aromatic N) is 1. The van der Waals surface area contributed by atoms with Crippen LogP contribution >= 0.6 is 11.8 Å². The smallest absolute Gasteiger partial charge is 0.303 e. The summed E-state index contributed by atoms with van der Waals surface area (Å²) in [4.78, 5) is 14.7. The maximum absolute atomic E-state index is 10.4. The van der Waals surface area contributed by atoms with Gasteiger partial charge in [0.25, 0.3) is 0 Å². The maximum Gasteiger partial charge on any atom is 0.303 e. The van der Waals surface area contributed by atoms with Gasteiger partial charge < -0.3 is 9.52 Å². The van der Waals surface area contributed by atoms with Gasteiger partial charge in [-0.25, -0.2) is 4.98 Å². The zero-order valence-electron chi connectivity index (χ0n) is 9.02. The van der Waals surface area contributed by atoms with Crippen molar-refractivity contribution in [1.82, 2.24) is 4.98 Å². The molecule has 0 bridgehead atoms. The van der Waals surface area contributed by atoms with Gasteiger partial charge in [-0.1, -0.05) is 6.42 Å². The molecule has 4 nitrogen and oxygen atoms in total. The van der Waals surface area contributed by atoms with Crippen molar-refractivity contribution < 1.29 is 14.3 Å². The number of oxazole rings is 1. The van der Waals surface area contributed by atoms with Crippen molar-refractivity contribution in [1.29, 1.82) is 0 Å². The van der Waals surface area contributed by atoms with Gasteiger partial charge in [-0.05, 0) is 18.6 Å². The number of carboxylic acid groups (broad SMARTS) is 1. The summed E-state index contributed by atoms with van der Waals surface area (Å²) in [6.45, 7) is 0. The molecule has 1 fully saturated rings. The van der Waals surface area contributed by atoms with Gasteiger partial charge in [0.15, 0.2) is 0 Å². The summed E-state index contributed by atoms with van der Waals surface area (Å²) in [5.74, 6) is 1.82. The molecule has 0 saturated carbocycles. The Morgan fingerprint density at radius 1 is 1.62 bits per heavy atom. The predicted molar refractivity (Wildman–Crippen MR) is 61.5 cm³/mol. The summed E-state index contributed by atoms with van der Waals surface area (Å²) in [6.07, 6.45) is 5.81. The zero-order chi connectivity index (χ0) is 11.4. The number of rotatable bonds is 4. The normalized spacial score (nSPS) is 20.9. The van der Waals surface area contributed by atoms with Crippen molar-refractivity contribution in [2.45, 2.75) is 37.4 Å². The molecule has 1 aromatic heterocycles. The van der Waals surface area contributed by atoms with Crippen molar-refractivity contribution >= 4 is 17.7 Å². The van der Waals surface area contributed by atoms with Crippen LogP contribution in [0.1, 0.15) is 42.6 Å². The van der Waals surface area contributed by atoms with E-state index in [1.54, 1.807) is 6.20 Å². The van der Waals surface area contributed by atoms with E-state index in [4.69, 9.17) is 9.52 Å². The highest BCUT2D eigenvalue weighted by molar-refractivity contribution is 7.99. The first-order chi connectivity index (χ1) is 7.75. The molecule has 1 unspecified atom stereocenters. The van der Waals surface area contributed by atoms with Gasteiger partial charge in [0.2, 0.25) is 5.89 Å². The lowest BCUT2D eigenvalue weighted by atomic mass is 10.2. The van der Waals surface area contributed by atoms with Crippen molar-refractivity contribution in [3.8, 4) is 0 Å². The second-order valence-electron chi connectivity index (χ2n) is 3.91. The van der Waals surface area contributed by atoms with Crippen LogP contribution < -0.4 is 0 Å². The molecule has 1 N–H and O–H groups in total. The number of hydrogen-bond acceptors (Lipinski definition) is 4. The molecular weight excluding hydrogens is 226 g/mol. The van der Waals surface area contributed by atoms with E-state index in [0.29, 0.717) is 17.4 Å². The molecule has 1 atom stereocenters. The second-order valence-corrected chi connectivity index (χ2v) is 5.22. The summed E-state index contributed by atoms with van der Waals surface area (Å²) in [6, 6.07) is 0. The standard InChI is InChI=1S/C11H15NO3S/c13-10(14)5-4-8-7-12-11(15-8)9-3-1-2-6-16-9/h7,9H,1-6H2,(H,13,14). The molecule has 2 rings (SSSR count). The average Bonchev–Trinajstić information content (AvgIpc) is 2.76. The van der Waals surface area contributed by atoms with Crippen molar-refractivity contribution in [3.05, 3.63) is 17.8 Å². The maximum atomic E-state index is 10.4. The lowest BCUT2D eigenvalue weighted by Crippen LogP contribution is -2.02. The first-order valence-corrected chi connectivity index (χ1v) is 6.58. The Morgan fingerprint density at radius 3 is 3.19 bits per heavy atom. The largest absolute Gasteiger partial charge is 0.481 e. The van der Waals surface area contributed by atoms with Gasteiger partial charge >= 0.3 is 5.97 Å². The van der Waals surface area contributed by atoms with E-state index in [1.165, 1.54) is 12.8 Å². The molecule has 1 saturated heterocycles. The monoisotopic (exact) mass is 241 g/mol. The molecule has 88 valence electrons. The Bertz CT molecular complexity index is 358. The van der Waals surface area contributed by atoms with Crippen LogP contribution in [0, 0.1) is 0 Å². The van der Waals surface area contributed by atoms with Crippen LogP contribution in [0.15, 0.2) is 10.6 Å². The zero-order valence-corrected chi connectivity index (χ0v) is 9.83. The van der Waals surface area contributed by atoms with Gasteiger partial charge in [0.05, 0.1) is 17.9 Å². The van der Waals surface area contributed by atoms with Crippen LogP contribution in [0.4, 0.5) is 0 Å². The van der Waals surface area contributed by atoms with Gasteiger partial charge in [0, 0.05) is 6.42 Å². The molecule has 0 spiro atoms. The average molecular weight is 241 g/mol. The van der Waals surface area contributed by atoms with Gasteiger partial charge in [-0.15, -0.1) is 11.8 Å². The van der Waals surface area contributed by atoms with Crippen LogP contribution in [0.5, 0.6) is 0 Å². The highest BCUT2D eigenvalue weighted by Crippen LogP contribution is 2.37. The SMILES string of the molecule is O=C(O)CCc1cnc(C2CCCCS2)o1. The van der Waals surface area contributed by atoms with E-state index >= 15 is 0 Å². The van der Waals surface area contributed by atoms with Crippen molar-refractivity contribution in [3.63, 3.8) is 0 Å². The first-order valence-electron chi connectivity index (χ1n) is 5.53. The van der Waals surface area contributed by atoms with Crippen LogP contribution in [0.3, 0.4) is 0 Å². The van der Waals surface area contributed by atoms with E-state index in [9.17, 15) is 4.79 Å².